The molecule has 2 heterocycles. The van der Waals surface area contributed by atoms with E-state index in [0.29, 0.717) is 12.5 Å². The highest BCUT2D eigenvalue weighted by Crippen LogP contribution is 2.12. The van der Waals surface area contributed by atoms with Crippen LogP contribution in [0.15, 0.2) is 12.3 Å². The Kier molecular flexibility index (Phi) is 4.53. The standard InChI is InChI=1S/C14H23N3O/c1-11(2)17-9-7-12(16-17)10-14(18)13-6-4-3-5-8-15-13/h7,9,11,13,15H,3-6,8,10H2,1-2H3. The van der Waals surface area contributed by atoms with Crippen LogP contribution < -0.4 is 5.32 Å². The summed E-state index contributed by atoms with van der Waals surface area (Å²) in [6.07, 6.45) is 6.96. The fourth-order valence-electron chi connectivity index (χ4n) is 2.36. The van der Waals surface area contributed by atoms with E-state index in [4.69, 9.17) is 0 Å². The number of carbonyl (C=O) groups excluding carboxylic acids is 1. The molecule has 1 unspecified atom stereocenters. The Balaban J connectivity index is 1.92. The summed E-state index contributed by atoms with van der Waals surface area (Å²) in [4.78, 5) is 12.2. The number of rotatable bonds is 4. The lowest BCUT2D eigenvalue weighted by molar-refractivity contribution is -0.120. The quantitative estimate of drug-likeness (QED) is 0.889. The van der Waals surface area contributed by atoms with Gasteiger partial charge in [0.1, 0.15) is 0 Å². The van der Waals surface area contributed by atoms with Crippen LogP contribution in [0.25, 0.3) is 0 Å². The lowest BCUT2D eigenvalue weighted by Gasteiger charge is -2.13. The van der Waals surface area contributed by atoms with Crippen molar-refractivity contribution < 1.29 is 4.79 Å². The lowest BCUT2D eigenvalue weighted by atomic mass is 10.0. The fourth-order valence-corrected chi connectivity index (χ4v) is 2.36. The van der Waals surface area contributed by atoms with Gasteiger partial charge in [-0.3, -0.25) is 9.48 Å². The number of nitrogens with one attached hydrogen (secondary N) is 1. The number of hydrogen-bond donors (Lipinski definition) is 1. The third-order valence-electron chi connectivity index (χ3n) is 3.50. The number of ketones is 1. The highest BCUT2D eigenvalue weighted by molar-refractivity contribution is 5.85. The normalized spacial score (nSPS) is 20.9. The maximum Gasteiger partial charge on any atom is 0.155 e. The average Bonchev–Trinajstić information content (AvgIpc) is 2.64. The summed E-state index contributed by atoms with van der Waals surface area (Å²) < 4.78 is 1.91. The lowest BCUT2D eigenvalue weighted by Crippen LogP contribution is -2.37. The second-order valence-corrected chi connectivity index (χ2v) is 5.38. The smallest absolute Gasteiger partial charge is 0.155 e. The topological polar surface area (TPSA) is 46.9 Å². The molecule has 2 rings (SSSR count). The van der Waals surface area contributed by atoms with Crippen molar-refractivity contribution in [3.63, 3.8) is 0 Å². The second-order valence-electron chi connectivity index (χ2n) is 5.38. The van der Waals surface area contributed by atoms with Gasteiger partial charge in [-0.25, -0.2) is 0 Å². The molecule has 100 valence electrons. The molecular formula is C14H23N3O. The minimum Gasteiger partial charge on any atom is -0.307 e. The summed E-state index contributed by atoms with van der Waals surface area (Å²) in [6.45, 7) is 5.15. The third kappa shape index (κ3) is 3.42. The average molecular weight is 249 g/mol. The van der Waals surface area contributed by atoms with E-state index in [9.17, 15) is 4.79 Å². The van der Waals surface area contributed by atoms with Crippen molar-refractivity contribution in [3.8, 4) is 0 Å². The van der Waals surface area contributed by atoms with Crippen molar-refractivity contribution in [1.82, 2.24) is 15.1 Å². The largest absolute Gasteiger partial charge is 0.307 e. The van der Waals surface area contributed by atoms with Crippen LogP contribution in [0, 0.1) is 0 Å². The molecule has 0 saturated carbocycles. The van der Waals surface area contributed by atoms with Crippen molar-refractivity contribution >= 4 is 5.78 Å². The first-order valence-corrected chi connectivity index (χ1v) is 6.97. The molecule has 0 bridgehead atoms. The predicted molar refractivity (Wildman–Crippen MR) is 71.6 cm³/mol. The Hall–Kier alpha value is -1.16. The Labute approximate surface area is 109 Å². The molecule has 0 aromatic carbocycles. The SMILES string of the molecule is CC(C)n1ccc(CC(=O)C2CCCCCN2)n1. The Bertz CT molecular complexity index is 389. The highest BCUT2D eigenvalue weighted by atomic mass is 16.1. The first-order chi connectivity index (χ1) is 8.66. The minimum absolute atomic E-state index is 0.0386. The molecule has 0 radical (unpaired) electrons. The summed E-state index contributed by atoms with van der Waals surface area (Å²) in [5.74, 6) is 0.283. The molecule has 1 fully saturated rings. The van der Waals surface area contributed by atoms with Crippen LogP contribution >= 0.6 is 0 Å². The molecule has 4 nitrogen and oxygen atoms in total. The molecule has 1 saturated heterocycles. The molecule has 0 amide bonds. The summed E-state index contributed by atoms with van der Waals surface area (Å²) in [7, 11) is 0. The molecule has 1 aliphatic heterocycles. The third-order valence-corrected chi connectivity index (χ3v) is 3.50. The van der Waals surface area contributed by atoms with Crippen LogP contribution in [0.2, 0.25) is 0 Å². The number of aromatic nitrogens is 2. The van der Waals surface area contributed by atoms with E-state index in [2.05, 4.69) is 24.3 Å². The van der Waals surface area contributed by atoms with Gasteiger partial charge in [-0.15, -0.1) is 0 Å². The number of nitrogens with zero attached hydrogens (tertiary/aromatic N) is 2. The van der Waals surface area contributed by atoms with E-state index >= 15 is 0 Å². The van der Waals surface area contributed by atoms with E-state index in [0.717, 1.165) is 25.1 Å². The molecule has 1 N–H and O–H groups in total. The number of carbonyl (C=O) groups is 1. The van der Waals surface area contributed by atoms with Crippen molar-refractivity contribution in [2.24, 2.45) is 0 Å². The second kappa shape index (κ2) is 6.14. The van der Waals surface area contributed by atoms with E-state index in [1.807, 2.05) is 16.9 Å². The zero-order valence-electron chi connectivity index (χ0n) is 11.4. The van der Waals surface area contributed by atoms with Crippen LogP contribution in [-0.2, 0) is 11.2 Å². The van der Waals surface area contributed by atoms with Crippen LogP contribution in [0.1, 0.15) is 51.3 Å². The van der Waals surface area contributed by atoms with Crippen LogP contribution in [-0.4, -0.2) is 28.2 Å². The van der Waals surface area contributed by atoms with Gasteiger partial charge in [0.05, 0.1) is 18.2 Å². The predicted octanol–water partition coefficient (Wildman–Crippen LogP) is 2.11. The Morgan fingerprint density at radius 1 is 1.50 bits per heavy atom. The van der Waals surface area contributed by atoms with E-state index in [-0.39, 0.29) is 11.8 Å². The molecule has 1 aromatic heterocycles. The van der Waals surface area contributed by atoms with Crippen LogP contribution in [0.3, 0.4) is 0 Å². The zero-order valence-corrected chi connectivity index (χ0v) is 11.4. The van der Waals surface area contributed by atoms with Gasteiger partial charge in [0, 0.05) is 12.2 Å². The van der Waals surface area contributed by atoms with Gasteiger partial charge in [-0.1, -0.05) is 12.8 Å². The van der Waals surface area contributed by atoms with Crippen molar-refractivity contribution in [3.05, 3.63) is 18.0 Å². The summed E-state index contributed by atoms with van der Waals surface area (Å²) in [5.41, 5.74) is 0.889. The first-order valence-electron chi connectivity index (χ1n) is 6.97. The van der Waals surface area contributed by atoms with Gasteiger partial charge < -0.3 is 5.32 Å². The van der Waals surface area contributed by atoms with Crippen molar-refractivity contribution in [1.29, 1.82) is 0 Å². The molecule has 1 aromatic rings. The van der Waals surface area contributed by atoms with Gasteiger partial charge in [-0.05, 0) is 39.3 Å². The molecule has 4 heteroatoms. The van der Waals surface area contributed by atoms with Gasteiger partial charge >= 0.3 is 0 Å². The minimum atomic E-state index is 0.0386. The first kappa shape index (κ1) is 13.3. The van der Waals surface area contributed by atoms with Gasteiger partial charge in [0.15, 0.2) is 5.78 Å². The van der Waals surface area contributed by atoms with Crippen molar-refractivity contribution in [2.45, 2.75) is 58.0 Å². The fraction of sp³-hybridized carbons (Fsp3) is 0.714. The Morgan fingerprint density at radius 3 is 3.06 bits per heavy atom. The van der Waals surface area contributed by atoms with E-state index in [1.54, 1.807) is 0 Å². The molecule has 1 aliphatic rings. The molecular weight excluding hydrogens is 226 g/mol. The molecule has 0 aliphatic carbocycles. The summed E-state index contributed by atoms with van der Waals surface area (Å²) in [6, 6.07) is 2.34. The summed E-state index contributed by atoms with van der Waals surface area (Å²) >= 11 is 0. The Morgan fingerprint density at radius 2 is 2.33 bits per heavy atom. The molecule has 1 atom stereocenters. The highest BCUT2D eigenvalue weighted by Gasteiger charge is 2.20. The molecule has 0 spiro atoms. The van der Waals surface area contributed by atoms with E-state index in [1.165, 1.54) is 12.8 Å². The summed E-state index contributed by atoms with van der Waals surface area (Å²) in [5, 5.41) is 7.78. The number of Topliss-reactive ketones (excluding diaryl/α,β-unsaturated/α-hetero) is 1. The number of hydrogen-bond acceptors (Lipinski definition) is 3. The van der Waals surface area contributed by atoms with E-state index < -0.39 is 0 Å². The van der Waals surface area contributed by atoms with Crippen LogP contribution in [0.4, 0.5) is 0 Å². The monoisotopic (exact) mass is 249 g/mol. The van der Waals surface area contributed by atoms with Crippen LogP contribution in [0.5, 0.6) is 0 Å². The van der Waals surface area contributed by atoms with Gasteiger partial charge in [-0.2, -0.15) is 5.10 Å². The zero-order chi connectivity index (χ0) is 13.0. The maximum atomic E-state index is 12.2. The van der Waals surface area contributed by atoms with Gasteiger partial charge in [0.2, 0.25) is 0 Å². The van der Waals surface area contributed by atoms with Gasteiger partial charge in [0.25, 0.3) is 0 Å². The molecule has 18 heavy (non-hydrogen) atoms. The maximum absolute atomic E-state index is 12.2. The van der Waals surface area contributed by atoms with Crippen molar-refractivity contribution in [2.75, 3.05) is 6.54 Å².